The van der Waals surface area contributed by atoms with Gasteiger partial charge in [-0.2, -0.15) is 8.78 Å². The smallest absolute Gasteiger partial charge is 0.387 e. The highest BCUT2D eigenvalue weighted by Gasteiger charge is 2.23. The Balaban J connectivity index is 3.31. The maximum absolute atomic E-state index is 12.1. The average molecular weight is 282 g/mol. The van der Waals surface area contributed by atoms with E-state index in [4.69, 9.17) is 16.7 Å². The highest BCUT2D eigenvalue weighted by atomic mass is 35.5. The van der Waals surface area contributed by atoms with E-state index in [0.717, 1.165) is 12.1 Å². The number of carboxylic acid groups (broad SMARTS) is 1. The Morgan fingerprint density at radius 1 is 1.56 bits per heavy atom. The molecule has 0 aliphatic rings. The van der Waals surface area contributed by atoms with E-state index >= 15 is 0 Å². The lowest BCUT2D eigenvalue weighted by atomic mass is 10.1. The van der Waals surface area contributed by atoms with E-state index < -0.39 is 40.4 Å². The Morgan fingerprint density at radius 3 is 2.61 bits per heavy atom. The molecule has 1 N–H and O–H groups in total. The van der Waals surface area contributed by atoms with Crippen LogP contribution in [0.1, 0.15) is 5.56 Å². The van der Waals surface area contributed by atoms with Gasteiger partial charge in [0.05, 0.1) is 11.3 Å². The number of carboxylic acids is 1. The molecular formula is C9H6ClF2NO5. The number of carbonyl (C=O) groups is 1. The molecule has 0 spiro atoms. The molecule has 9 heteroatoms. The van der Waals surface area contributed by atoms with Crippen molar-refractivity contribution in [1.29, 1.82) is 0 Å². The number of hydrogen-bond acceptors (Lipinski definition) is 4. The first-order valence-electron chi connectivity index (χ1n) is 4.45. The quantitative estimate of drug-likeness (QED) is 0.661. The zero-order valence-electron chi connectivity index (χ0n) is 8.60. The van der Waals surface area contributed by atoms with Gasteiger partial charge in [0, 0.05) is 11.6 Å². The maximum atomic E-state index is 12.1. The number of ether oxygens (including phenoxy) is 1. The molecule has 0 atom stereocenters. The Kier molecular flexibility index (Phi) is 4.38. The Labute approximate surface area is 104 Å². The van der Waals surface area contributed by atoms with Crippen molar-refractivity contribution < 1.29 is 28.3 Å². The minimum Gasteiger partial charge on any atom is -0.481 e. The van der Waals surface area contributed by atoms with Crippen molar-refractivity contribution in [2.24, 2.45) is 0 Å². The first-order chi connectivity index (χ1) is 8.32. The summed E-state index contributed by atoms with van der Waals surface area (Å²) in [6, 6.07) is 1.75. The van der Waals surface area contributed by atoms with Crippen LogP contribution in [0, 0.1) is 10.1 Å². The second kappa shape index (κ2) is 5.58. The number of nitro benzene ring substituents is 1. The summed E-state index contributed by atoms with van der Waals surface area (Å²) in [4.78, 5) is 20.3. The zero-order valence-corrected chi connectivity index (χ0v) is 9.36. The van der Waals surface area contributed by atoms with Gasteiger partial charge in [0.2, 0.25) is 0 Å². The van der Waals surface area contributed by atoms with E-state index in [2.05, 4.69) is 4.74 Å². The van der Waals surface area contributed by atoms with Crippen LogP contribution in [-0.4, -0.2) is 22.6 Å². The van der Waals surface area contributed by atoms with E-state index in [1.54, 1.807) is 0 Å². The van der Waals surface area contributed by atoms with Crippen molar-refractivity contribution in [3.05, 3.63) is 32.8 Å². The molecule has 1 rings (SSSR count). The number of benzene rings is 1. The number of halogens is 3. The van der Waals surface area contributed by atoms with Gasteiger partial charge in [-0.05, 0) is 6.07 Å². The average Bonchev–Trinajstić information content (AvgIpc) is 2.21. The first-order valence-corrected chi connectivity index (χ1v) is 4.83. The van der Waals surface area contributed by atoms with Gasteiger partial charge >= 0.3 is 12.6 Å². The first kappa shape index (κ1) is 14.1. The van der Waals surface area contributed by atoms with Crippen LogP contribution < -0.4 is 4.74 Å². The van der Waals surface area contributed by atoms with Crippen LogP contribution in [0.25, 0.3) is 0 Å². The molecule has 6 nitrogen and oxygen atoms in total. The largest absolute Gasteiger partial charge is 0.481 e. The number of nitrogens with zero attached hydrogens (tertiary/aromatic N) is 1. The van der Waals surface area contributed by atoms with Gasteiger partial charge in [-0.1, -0.05) is 11.6 Å². The summed E-state index contributed by atoms with van der Waals surface area (Å²) < 4.78 is 28.2. The summed E-state index contributed by atoms with van der Waals surface area (Å²) in [5, 5.41) is 18.7. The molecule has 0 aliphatic heterocycles. The lowest BCUT2D eigenvalue weighted by Gasteiger charge is -2.10. The Morgan fingerprint density at radius 2 is 2.17 bits per heavy atom. The van der Waals surface area contributed by atoms with Gasteiger partial charge in [-0.3, -0.25) is 14.9 Å². The van der Waals surface area contributed by atoms with E-state index in [-0.39, 0.29) is 5.56 Å². The maximum Gasteiger partial charge on any atom is 0.387 e. The minimum absolute atomic E-state index is 0.362. The summed E-state index contributed by atoms with van der Waals surface area (Å²) in [5.41, 5.74) is -0.937. The molecule has 1 aromatic rings. The molecule has 0 unspecified atom stereocenters. The third-order valence-corrected chi connectivity index (χ3v) is 2.34. The lowest BCUT2D eigenvalue weighted by molar-refractivity contribution is -0.384. The standard InChI is InChI=1S/C9H6ClF2NO5/c10-8-4(3-7(14)15)6(18-9(11)12)2-1-5(8)13(16)17/h1-2,9H,3H2,(H,14,15). The predicted molar refractivity (Wildman–Crippen MR) is 56.1 cm³/mol. The van der Waals surface area contributed by atoms with Crippen LogP contribution in [0.2, 0.25) is 5.02 Å². The summed E-state index contributed by atoms with van der Waals surface area (Å²) in [6.07, 6.45) is -0.761. The minimum atomic E-state index is -3.19. The van der Waals surface area contributed by atoms with Gasteiger partial charge in [-0.15, -0.1) is 0 Å². The molecular weight excluding hydrogens is 276 g/mol. The second-order valence-corrected chi connectivity index (χ2v) is 3.46. The fourth-order valence-electron chi connectivity index (χ4n) is 1.25. The van der Waals surface area contributed by atoms with Crippen molar-refractivity contribution in [2.45, 2.75) is 13.0 Å². The van der Waals surface area contributed by atoms with Gasteiger partial charge in [0.1, 0.15) is 10.8 Å². The van der Waals surface area contributed by atoms with E-state index in [1.807, 2.05) is 0 Å². The van der Waals surface area contributed by atoms with Crippen LogP contribution in [0.4, 0.5) is 14.5 Å². The van der Waals surface area contributed by atoms with Crippen molar-refractivity contribution in [2.75, 3.05) is 0 Å². The van der Waals surface area contributed by atoms with Crippen molar-refractivity contribution >= 4 is 23.3 Å². The highest BCUT2D eigenvalue weighted by Crippen LogP contribution is 2.35. The number of rotatable bonds is 5. The summed E-state index contributed by atoms with van der Waals surface area (Å²) in [5.74, 6) is -1.88. The zero-order chi connectivity index (χ0) is 13.9. The van der Waals surface area contributed by atoms with E-state index in [9.17, 15) is 23.7 Å². The van der Waals surface area contributed by atoms with Crippen molar-refractivity contribution in [3.8, 4) is 5.75 Å². The number of aliphatic carboxylic acids is 1. The number of hydrogen-bond donors (Lipinski definition) is 1. The second-order valence-electron chi connectivity index (χ2n) is 3.08. The van der Waals surface area contributed by atoms with Crippen LogP contribution in [0.15, 0.2) is 12.1 Å². The van der Waals surface area contributed by atoms with Crippen LogP contribution in [-0.2, 0) is 11.2 Å². The van der Waals surface area contributed by atoms with E-state index in [0.29, 0.717) is 0 Å². The Hall–Kier alpha value is -1.96. The molecule has 0 aromatic heterocycles. The normalized spacial score (nSPS) is 10.4. The Bertz CT molecular complexity index is 494. The molecule has 18 heavy (non-hydrogen) atoms. The van der Waals surface area contributed by atoms with Crippen molar-refractivity contribution in [1.82, 2.24) is 0 Å². The van der Waals surface area contributed by atoms with Gasteiger partial charge in [0.15, 0.2) is 0 Å². The molecule has 0 bridgehead atoms. The molecule has 1 aromatic carbocycles. The summed E-state index contributed by atoms with van der Waals surface area (Å²) in [7, 11) is 0. The molecule has 98 valence electrons. The fourth-order valence-corrected chi connectivity index (χ4v) is 1.55. The summed E-state index contributed by atoms with van der Waals surface area (Å²) >= 11 is 5.61. The molecule has 0 heterocycles. The fraction of sp³-hybridized carbons (Fsp3) is 0.222. The molecule has 0 saturated carbocycles. The lowest BCUT2D eigenvalue weighted by Crippen LogP contribution is -2.09. The summed E-state index contributed by atoms with van der Waals surface area (Å²) in [6.45, 7) is -3.19. The molecule has 0 radical (unpaired) electrons. The van der Waals surface area contributed by atoms with Gasteiger partial charge in [-0.25, -0.2) is 0 Å². The number of alkyl halides is 2. The predicted octanol–water partition coefficient (Wildman–Crippen LogP) is 2.48. The van der Waals surface area contributed by atoms with Gasteiger partial charge in [0.25, 0.3) is 5.69 Å². The third kappa shape index (κ3) is 3.27. The van der Waals surface area contributed by atoms with Crippen LogP contribution >= 0.6 is 11.6 Å². The van der Waals surface area contributed by atoms with Gasteiger partial charge < -0.3 is 9.84 Å². The SMILES string of the molecule is O=C(O)Cc1c(OC(F)F)ccc([N+](=O)[O-])c1Cl. The van der Waals surface area contributed by atoms with E-state index in [1.165, 1.54) is 0 Å². The van der Waals surface area contributed by atoms with Crippen molar-refractivity contribution in [3.63, 3.8) is 0 Å². The number of nitro groups is 1. The van der Waals surface area contributed by atoms with Crippen LogP contribution in [0.5, 0.6) is 5.75 Å². The van der Waals surface area contributed by atoms with Crippen LogP contribution in [0.3, 0.4) is 0 Å². The monoisotopic (exact) mass is 281 g/mol. The molecule has 0 amide bonds. The topological polar surface area (TPSA) is 89.7 Å². The molecule has 0 fully saturated rings. The third-order valence-electron chi connectivity index (χ3n) is 1.92. The molecule has 0 saturated heterocycles. The molecule has 0 aliphatic carbocycles. The highest BCUT2D eigenvalue weighted by molar-refractivity contribution is 6.33.